The second-order valence-corrected chi connectivity index (χ2v) is 4.91. The number of carbonyl (C=O) groups excluding carboxylic acids is 1. The highest BCUT2D eigenvalue weighted by molar-refractivity contribution is 5.89. The lowest BCUT2D eigenvalue weighted by molar-refractivity contribution is 0.0601. The van der Waals surface area contributed by atoms with Crippen molar-refractivity contribution in [1.29, 1.82) is 0 Å². The number of ether oxygens (including phenoxy) is 2. The van der Waals surface area contributed by atoms with Crippen molar-refractivity contribution in [1.82, 2.24) is 0 Å². The van der Waals surface area contributed by atoms with Gasteiger partial charge in [0.15, 0.2) is 0 Å². The first-order valence-corrected chi connectivity index (χ1v) is 7.26. The van der Waals surface area contributed by atoms with Crippen LogP contribution in [0.3, 0.4) is 0 Å². The Balaban J connectivity index is 2.08. The predicted molar refractivity (Wildman–Crippen MR) is 87.5 cm³/mol. The smallest absolute Gasteiger partial charge is 0.337 e. The number of aryl methyl sites for hydroxylation is 1. The molecule has 116 valence electrons. The van der Waals surface area contributed by atoms with Gasteiger partial charge in [-0.25, -0.2) is 4.79 Å². The maximum absolute atomic E-state index is 11.4. The molecule has 2 rings (SSSR count). The summed E-state index contributed by atoms with van der Waals surface area (Å²) in [7, 11) is 3.05. The minimum atomic E-state index is -0.326. The first kappa shape index (κ1) is 15.9. The molecule has 4 nitrogen and oxygen atoms in total. The first-order chi connectivity index (χ1) is 10.7. The number of methoxy groups -OCH3 is 2. The van der Waals surface area contributed by atoms with Crippen LogP contribution in [0.1, 0.15) is 28.4 Å². The van der Waals surface area contributed by atoms with Crippen LogP contribution in [-0.4, -0.2) is 20.2 Å². The van der Waals surface area contributed by atoms with Gasteiger partial charge in [-0.05, 0) is 53.9 Å². The summed E-state index contributed by atoms with van der Waals surface area (Å²) in [6.07, 6.45) is 0.974. The molecule has 0 saturated carbocycles. The van der Waals surface area contributed by atoms with E-state index in [1.54, 1.807) is 19.2 Å². The first-order valence-electron chi connectivity index (χ1n) is 7.26. The summed E-state index contributed by atoms with van der Waals surface area (Å²) in [5, 5.41) is 3.36. The number of benzene rings is 2. The minimum Gasteiger partial charge on any atom is -0.497 e. The molecule has 0 spiro atoms. The molecule has 0 bridgehead atoms. The highest BCUT2D eigenvalue weighted by Crippen LogP contribution is 2.20. The average molecular weight is 299 g/mol. The van der Waals surface area contributed by atoms with Gasteiger partial charge in [0, 0.05) is 12.2 Å². The summed E-state index contributed by atoms with van der Waals surface area (Å²) in [6.45, 7) is 2.84. The number of nitrogens with one attached hydrogen (secondary N) is 1. The number of hydrogen-bond acceptors (Lipinski definition) is 4. The molecular formula is C18H21NO3. The van der Waals surface area contributed by atoms with E-state index < -0.39 is 0 Å². The molecule has 0 saturated heterocycles. The molecule has 0 amide bonds. The Morgan fingerprint density at radius 1 is 1.05 bits per heavy atom. The summed E-state index contributed by atoms with van der Waals surface area (Å²) < 4.78 is 9.97. The molecule has 0 heterocycles. The van der Waals surface area contributed by atoms with Crippen molar-refractivity contribution >= 4 is 11.7 Å². The van der Waals surface area contributed by atoms with Crippen molar-refractivity contribution < 1.29 is 14.3 Å². The largest absolute Gasteiger partial charge is 0.497 e. The van der Waals surface area contributed by atoms with Gasteiger partial charge in [-0.1, -0.05) is 13.0 Å². The third-order valence-corrected chi connectivity index (χ3v) is 3.58. The Hall–Kier alpha value is -2.49. The number of esters is 1. The van der Waals surface area contributed by atoms with E-state index in [9.17, 15) is 4.79 Å². The zero-order valence-corrected chi connectivity index (χ0v) is 13.2. The normalized spacial score (nSPS) is 10.1. The highest BCUT2D eigenvalue weighted by atomic mass is 16.5. The second kappa shape index (κ2) is 7.50. The standard InChI is InChI=1S/C18H21NO3/c1-4-13-7-10-17(21-2)11-15(13)12-19-16-8-5-14(6-9-16)18(20)22-3/h5-11,19H,4,12H2,1-3H3. The molecule has 0 aliphatic heterocycles. The summed E-state index contributed by atoms with van der Waals surface area (Å²) in [5.74, 6) is 0.530. The summed E-state index contributed by atoms with van der Waals surface area (Å²) in [4.78, 5) is 11.4. The lowest BCUT2D eigenvalue weighted by Crippen LogP contribution is -2.04. The van der Waals surface area contributed by atoms with Gasteiger partial charge in [-0.2, -0.15) is 0 Å². The third kappa shape index (κ3) is 3.79. The molecule has 4 heteroatoms. The number of carbonyl (C=O) groups is 1. The van der Waals surface area contributed by atoms with Crippen LogP contribution in [0.5, 0.6) is 5.75 Å². The van der Waals surface area contributed by atoms with E-state index >= 15 is 0 Å². The van der Waals surface area contributed by atoms with Crippen LogP contribution < -0.4 is 10.1 Å². The van der Waals surface area contributed by atoms with E-state index in [2.05, 4.69) is 29.1 Å². The monoisotopic (exact) mass is 299 g/mol. The molecule has 0 aromatic heterocycles. The quantitative estimate of drug-likeness (QED) is 0.827. The van der Waals surface area contributed by atoms with Gasteiger partial charge in [-0.15, -0.1) is 0 Å². The summed E-state index contributed by atoms with van der Waals surface area (Å²) >= 11 is 0. The van der Waals surface area contributed by atoms with Crippen LogP contribution in [0.15, 0.2) is 42.5 Å². The van der Waals surface area contributed by atoms with Crippen LogP contribution in [0.4, 0.5) is 5.69 Å². The van der Waals surface area contributed by atoms with E-state index in [1.165, 1.54) is 18.2 Å². The lowest BCUT2D eigenvalue weighted by Gasteiger charge is -2.12. The van der Waals surface area contributed by atoms with E-state index in [1.807, 2.05) is 18.2 Å². The fourth-order valence-corrected chi connectivity index (χ4v) is 2.28. The molecule has 2 aromatic rings. The van der Waals surface area contributed by atoms with E-state index in [4.69, 9.17) is 4.74 Å². The summed E-state index contributed by atoms with van der Waals surface area (Å²) in [5.41, 5.74) is 4.00. The summed E-state index contributed by atoms with van der Waals surface area (Å²) in [6, 6.07) is 13.4. The molecule has 1 N–H and O–H groups in total. The predicted octanol–water partition coefficient (Wildman–Crippen LogP) is 3.66. The molecule has 0 radical (unpaired) electrons. The van der Waals surface area contributed by atoms with Gasteiger partial charge < -0.3 is 14.8 Å². The molecule has 22 heavy (non-hydrogen) atoms. The third-order valence-electron chi connectivity index (χ3n) is 3.58. The van der Waals surface area contributed by atoms with E-state index in [0.717, 1.165) is 17.9 Å². The van der Waals surface area contributed by atoms with Crippen molar-refractivity contribution in [2.24, 2.45) is 0 Å². The molecule has 0 unspecified atom stereocenters. The van der Waals surface area contributed by atoms with E-state index in [-0.39, 0.29) is 5.97 Å². The number of hydrogen-bond donors (Lipinski definition) is 1. The Kier molecular flexibility index (Phi) is 5.42. The number of rotatable bonds is 6. The van der Waals surface area contributed by atoms with E-state index in [0.29, 0.717) is 12.1 Å². The fraction of sp³-hybridized carbons (Fsp3) is 0.278. The SMILES string of the molecule is CCc1ccc(OC)cc1CNc1ccc(C(=O)OC)cc1. The van der Waals surface area contributed by atoms with Crippen LogP contribution in [0.2, 0.25) is 0 Å². The maximum Gasteiger partial charge on any atom is 0.337 e. The molecule has 2 aromatic carbocycles. The van der Waals surface area contributed by atoms with Crippen LogP contribution in [0, 0.1) is 0 Å². The van der Waals surface area contributed by atoms with Crippen molar-refractivity contribution in [3.8, 4) is 5.75 Å². The number of anilines is 1. The molecule has 0 aliphatic rings. The van der Waals surface area contributed by atoms with Crippen molar-refractivity contribution in [2.45, 2.75) is 19.9 Å². The van der Waals surface area contributed by atoms with Gasteiger partial charge in [0.05, 0.1) is 19.8 Å². The van der Waals surface area contributed by atoms with Gasteiger partial charge >= 0.3 is 5.97 Å². The molecule has 0 atom stereocenters. The molecular weight excluding hydrogens is 278 g/mol. The topological polar surface area (TPSA) is 47.6 Å². The Bertz CT molecular complexity index is 635. The molecule has 0 aliphatic carbocycles. The van der Waals surface area contributed by atoms with Crippen molar-refractivity contribution in [2.75, 3.05) is 19.5 Å². The van der Waals surface area contributed by atoms with Crippen molar-refractivity contribution in [3.63, 3.8) is 0 Å². The van der Waals surface area contributed by atoms with Crippen LogP contribution >= 0.6 is 0 Å². The zero-order chi connectivity index (χ0) is 15.9. The zero-order valence-electron chi connectivity index (χ0n) is 13.2. The maximum atomic E-state index is 11.4. The van der Waals surface area contributed by atoms with Gasteiger partial charge in [0.25, 0.3) is 0 Å². The van der Waals surface area contributed by atoms with Crippen LogP contribution in [0.25, 0.3) is 0 Å². The highest BCUT2D eigenvalue weighted by Gasteiger charge is 2.06. The fourth-order valence-electron chi connectivity index (χ4n) is 2.28. The van der Waals surface area contributed by atoms with Gasteiger partial charge in [0.1, 0.15) is 5.75 Å². The molecule has 0 fully saturated rings. The Labute approximate surface area is 131 Å². The average Bonchev–Trinajstić information content (AvgIpc) is 2.59. The van der Waals surface area contributed by atoms with Gasteiger partial charge in [0.2, 0.25) is 0 Å². The Morgan fingerprint density at radius 2 is 1.77 bits per heavy atom. The van der Waals surface area contributed by atoms with Crippen LogP contribution in [-0.2, 0) is 17.7 Å². The minimum absolute atomic E-state index is 0.326. The second-order valence-electron chi connectivity index (χ2n) is 4.91. The lowest BCUT2D eigenvalue weighted by atomic mass is 10.0. The van der Waals surface area contributed by atoms with Crippen molar-refractivity contribution in [3.05, 3.63) is 59.2 Å². The van der Waals surface area contributed by atoms with Gasteiger partial charge in [-0.3, -0.25) is 0 Å². The Morgan fingerprint density at radius 3 is 2.36 bits per heavy atom.